The lowest BCUT2D eigenvalue weighted by Crippen LogP contribution is -2.28. The van der Waals surface area contributed by atoms with Gasteiger partial charge in [0.1, 0.15) is 0 Å². The minimum Gasteiger partial charge on any atom is -0.387 e. The number of anilines is 1. The SMILES string of the molecule is CN(C)S(=O)(=O)Nc1ccc(CCNCC(O)c2cccnc2)cc1. The summed E-state index contributed by atoms with van der Waals surface area (Å²) in [6.07, 6.45) is 3.52. The van der Waals surface area contributed by atoms with Gasteiger partial charge < -0.3 is 10.4 Å². The van der Waals surface area contributed by atoms with Gasteiger partial charge in [0.05, 0.1) is 6.10 Å². The van der Waals surface area contributed by atoms with Gasteiger partial charge >= 0.3 is 10.2 Å². The molecule has 2 aromatic rings. The van der Waals surface area contributed by atoms with Gasteiger partial charge in [0.2, 0.25) is 0 Å². The van der Waals surface area contributed by atoms with E-state index in [0.717, 1.165) is 21.9 Å². The molecule has 8 heteroatoms. The van der Waals surface area contributed by atoms with Crippen molar-refractivity contribution in [3.05, 3.63) is 59.9 Å². The second kappa shape index (κ2) is 8.91. The van der Waals surface area contributed by atoms with E-state index in [1.165, 1.54) is 14.1 Å². The minimum atomic E-state index is -3.48. The predicted molar refractivity (Wildman–Crippen MR) is 98.4 cm³/mol. The third kappa shape index (κ3) is 6.09. The number of nitrogens with zero attached hydrogens (tertiary/aromatic N) is 2. The van der Waals surface area contributed by atoms with E-state index in [0.29, 0.717) is 18.8 Å². The topological polar surface area (TPSA) is 94.6 Å². The largest absolute Gasteiger partial charge is 0.387 e. The van der Waals surface area contributed by atoms with Crippen LogP contribution >= 0.6 is 0 Å². The summed E-state index contributed by atoms with van der Waals surface area (Å²) in [6.45, 7) is 1.16. The van der Waals surface area contributed by atoms with Crippen LogP contribution in [-0.4, -0.2) is 50.0 Å². The van der Waals surface area contributed by atoms with E-state index >= 15 is 0 Å². The summed E-state index contributed by atoms with van der Waals surface area (Å²) in [4.78, 5) is 3.99. The summed E-state index contributed by atoms with van der Waals surface area (Å²) in [7, 11) is -0.534. The number of hydrogen-bond acceptors (Lipinski definition) is 5. The highest BCUT2D eigenvalue weighted by Crippen LogP contribution is 2.13. The van der Waals surface area contributed by atoms with E-state index in [-0.39, 0.29) is 0 Å². The fourth-order valence-corrected chi connectivity index (χ4v) is 2.76. The lowest BCUT2D eigenvalue weighted by Gasteiger charge is -2.14. The monoisotopic (exact) mass is 364 g/mol. The first kappa shape index (κ1) is 19.3. The quantitative estimate of drug-likeness (QED) is 0.581. The van der Waals surface area contributed by atoms with Crippen LogP contribution in [0.15, 0.2) is 48.8 Å². The molecule has 7 nitrogen and oxygen atoms in total. The first-order valence-corrected chi connectivity index (χ1v) is 9.40. The van der Waals surface area contributed by atoms with Crippen molar-refractivity contribution in [2.75, 3.05) is 31.9 Å². The van der Waals surface area contributed by atoms with Crippen LogP contribution in [0.1, 0.15) is 17.2 Å². The number of aliphatic hydroxyl groups excluding tert-OH is 1. The zero-order valence-electron chi connectivity index (χ0n) is 14.4. The fourth-order valence-electron chi connectivity index (χ4n) is 2.14. The molecule has 0 fully saturated rings. The highest BCUT2D eigenvalue weighted by atomic mass is 32.2. The van der Waals surface area contributed by atoms with Crippen molar-refractivity contribution in [1.29, 1.82) is 0 Å². The molecule has 1 aromatic carbocycles. The van der Waals surface area contributed by atoms with Crippen molar-refractivity contribution in [2.45, 2.75) is 12.5 Å². The summed E-state index contributed by atoms with van der Waals surface area (Å²) in [5.41, 5.74) is 2.39. The molecule has 0 bridgehead atoms. The first-order valence-electron chi connectivity index (χ1n) is 7.96. The van der Waals surface area contributed by atoms with Crippen molar-refractivity contribution in [1.82, 2.24) is 14.6 Å². The van der Waals surface area contributed by atoms with Gasteiger partial charge in [-0.15, -0.1) is 0 Å². The van der Waals surface area contributed by atoms with Gasteiger partial charge in [-0.1, -0.05) is 18.2 Å². The molecule has 2 rings (SSSR count). The highest BCUT2D eigenvalue weighted by molar-refractivity contribution is 7.90. The van der Waals surface area contributed by atoms with Crippen LogP contribution in [0.5, 0.6) is 0 Å². The Morgan fingerprint density at radius 1 is 1.20 bits per heavy atom. The lowest BCUT2D eigenvalue weighted by molar-refractivity contribution is 0.174. The Hall–Kier alpha value is -2.00. The zero-order chi connectivity index (χ0) is 18.3. The zero-order valence-corrected chi connectivity index (χ0v) is 15.2. The molecule has 1 atom stereocenters. The van der Waals surface area contributed by atoms with Crippen LogP contribution in [0.4, 0.5) is 5.69 Å². The smallest absolute Gasteiger partial charge is 0.301 e. The van der Waals surface area contributed by atoms with Gasteiger partial charge in [0.25, 0.3) is 0 Å². The van der Waals surface area contributed by atoms with Crippen LogP contribution in [-0.2, 0) is 16.6 Å². The summed E-state index contributed by atoms with van der Waals surface area (Å²) in [5.74, 6) is 0. The Bertz CT molecular complexity index is 749. The number of pyridine rings is 1. The fraction of sp³-hybridized carbons (Fsp3) is 0.353. The second-order valence-electron chi connectivity index (χ2n) is 5.84. The molecule has 25 heavy (non-hydrogen) atoms. The van der Waals surface area contributed by atoms with E-state index in [1.807, 2.05) is 18.2 Å². The molecule has 136 valence electrons. The molecule has 0 spiro atoms. The Balaban J connectivity index is 1.76. The molecule has 1 heterocycles. The molecule has 0 saturated heterocycles. The van der Waals surface area contributed by atoms with Gasteiger partial charge in [-0.05, 0) is 36.7 Å². The molecule has 0 aliphatic heterocycles. The molecule has 0 saturated carbocycles. The first-order chi connectivity index (χ1) is 11.9. The molecule has 1 aromatic heterocycles. The summed E-state index contributed by atoms with van der Waals surface area (Å²) in [6, 6.07) is 10.9. The van der Waals surface area contributed by atoms with Crippen LogP contribution in [0.25, 0.3) is 0 Å². The number of nitrogens with one attached hydrogen (secondary N) is 2. The van der Waals surface area contributed by atoms with Gasteiger partial charge in [0, 0.05) is 44.3 Å². The maximum absolute atomic E-state index is 11.8. The standard InChI is InChI=1S/C17H24N4O3S/c1-21(2)25(23,24)20-16-7-5-14(6-8-16)9-11-19-13-17(22)15-4-3-10-18-12-15/h3-8,10,12,17,19-20,22H,9,11,13H2,1-2H3. The predicted octanol–water partition coefficient (Wildman–Crippen LogP) is 1.17. The molecule has 0 aliphatic rings. The van der Waals surface area contributed by atoms with Gasteiger partial charge in [-0.25, -0.2) is 0 Å². The molecular weight excluding hydrogens is 340 g/mol. The summed E-state index contributed by atoms with van der Waals surface area (Å²) >= 11 is 0. The number of benzene rings is 1. The van der Waals surface area contributed by atoms with E-state index in [9.17, 15) is 13.5 Å². The highest BCUT2D eigenvalue weighted by Gasteiger charge is 2.12. The maximum atomic E-state index is 11.8. The molecule has 1 unspecified atom stereocenters. The maximum Gasteiger partial charge on any atom is 0.301 e. The van der Waals surface area contributed by atoms with Crippen LogP contribution in [0, 0.1) is 0 Å². The van der Waals surface area contributed by atoms with E-state index in [2.05, 4.69) is 15.0 Å². The number of aromatic nitrogens is 1. The van der Waals surface area contributed by atoms with E-state index < -0.39 is 16.3 Å². The Morgan fingerprint density at radius 3 is 2.52 bits per heavy atom. The van der Waals surface area contributed by atoms with Gasteiger partial charge in [-0.3, -0.25) is 9.71 Å². The van der Waals surface area contributed by atoms with Crippen molar-refractivity contribution in [3.63, 3.8) is 0 Å². The molecular formula is C17H24N4O3S. The van der Waals surface area contributed by atoms with Gasteiger partial charge in [-0.2, -0.15) is 12.7 Å². The Morgan fingerprint density at radius 2 is 1.92 bits per heavy atom. The summed E-state index contributed by atoms with van der Waals surface area (Å²) in [5, 5.41) is 13.2. The minimum absolute atomic E-state index is 0.451. The molecule has 0 amide bonds. The third-order valence-corrected chi connectivity index (χ3v) is 5.13. The van der Waals surface area contributed by atoms with Crippen LogP contribution in [0.2, 0.25) is 0 Å². The average molecular weight is 364 g/mol. The Labute approximate surface area is 148 Å². The Kier molecular flexibility index (Phi) is 6.89. The van der Waals surface area contributed by atoms with Crippen molar-refractivity contribution < 1.29 is 13.5 Å². The van der Waals surface area contributed by atoms with Gasteiger partial charge in [0.15, 0.2) is 0 Å². The van der Waals surface area contributed by atoms with Crippen LogP contribution in [0.3, 0.4) is 0 Å². The normalized spacial score (nSPS) is 13.0. The number of rotatable bonds is 9. The molecule has 0 aliphatic carbocycles. The number of hydrogen-bond donors (Lipinski definition) is 3. The average Bonchev–Trinajstić information content (AvgIpc) is 2.60. The second-order valence-corrected chi connectivity index (χ2v) is 7.73. The van der Waals surface area contributed by atoms with Crippen molar-refractivity contribution >= 4 is 15.9 Å². The molecule has 3 N–H and O–H groups in total. The van der Waals surface area contributed by atoms with E-state index in [1.54, 1.807) is 30.6 Å². The third-order valence-electron chi connectivity index (χ3n) is 3.68. The molecule has 0 radical (unpaired) electrons. The summed E-state index contributed by atoms with van der Waals surface area (Å²) < 4.78 is 27.1. The van der Waals surface area contributed by atoms with Crippen LogP contribution < -0.4 is 10.0 Å². The number of aliphatic hydroxyl groups is 1. The lowest BCUT2D eigenvalue weighted by atomic mass is 10.1. The van der Waals surface area contributed by atoms with E-state index in [4.69, 9.17) is 0 Å². The van der Waals surface area contributed by atoms with Crippen molar-refractivity contribution in [3.8, 4) is 0 Å². The van der Waals surface area contributed by atoms with Crippen molar-refractivity contribution in [2.24, 2.45) is 0 Å².